The molecule has 25 heavy (non-hydrogen) atoms. The Morgan fingerprint density at radius 2 is 1.92 bits per heavy atom. The molecule has 1 amide bonds. The van der Waals surface area contributed by atoms with Crippen LogP contribution in [0.2, 0.25) is 5.02 Å². The third-order valence-corrected chi connectivity index (χ3v) is 3.73. The summed E-state index contributed by atoms with van der Waals surface area (Å²) in [5, 5.41) is 3.31. The normalized spacial score (nSPS) is 11.5. The van der Waals surface area contributed by atoms with Gasteiger partial charge in [-0.05, 0) is 56.7 Å². The molecule has 1 atom stereocenters. The van der Waals surface area contributed by atoms with Crippen LogP contribution in [-0.4, -0.2) is 24.6 Å². The molecule has 0 aliphatic heterocycles. The fraction of sp³-hybridized carbons (Fsp3) is 0.263. The molecule has 2 rings (SSSR count). The number of halogens is 1. The van der Waals surface area contributed by atoms with E-state index in [0.29, 0.717) is 22.0 Å². The number of hydrogen-bond acceptors (Lipinski definition) is 4. The number of carbonyl (C=O) groups is 2. The van der Waals surface area contributed by atoms with Gasteiger partial charge in [-0.1, -0.05) is 23.7 Å². The predicted octanol–water partition coefficient (Wildman–Crippen LogP) is 4.23. The van der Waals surface area contributed by atoms with E-state index < -0.39 is 12.1 Å². The van der Waals surface area contributed by atoms with Gasteiger partial charge in [0.1, 0.15) is 5.75 Å². The molecule has 2 aromatic rings. The number of esters is 1. The standard InChI is InChI=1S/C19H20ClNO4/c1-4-24-19(23)15-7-5-6-8-16(15)21-18(22)13(3)25-17-10-9-14(20)11-12(17)2/h5-11,13H,4H2,1-3H3,(H,21,22). The van der Waals surface area contributed by atoms with Gasteiger partial charge in [0.05, 0.1) is 17.9 Å². The molecular formula is C19H20ClNO4. The molecule has 0 fully saturated rings. The molecule has 132 valence electrons. The van der Waals surface area contributed by atoms with Crippen molar-refractivity contribution in [2.24, 2.45) is 0 Å². The minimum absolute atomic E-state index is 0.260. The molecule has 0 saturated carbocycles. The Kier molecular flexibility index (Phi) is 6.42. The highest BCUT2D eigenvalue weighted by atomic mass is 35.5. The van der Waals surface area contributed by atoms with E-state index in [1.54, 1.807) is 56.3 Å². The lowest BCUT2D eigenvalue weighted by Crippen LogP contribution is -2.31. The number of carbonyl (C=O) groups excluding carboxylic acids is 2. The Morgan fingerprint density at radius 3 is 2.60 bits per heavy atom. The Morgan fingerprint density at radius 1 is 1.20 bits per heavy atom. The SMILES string of the molecule is CCOC(=O)c1ccccc1NC(=O)C(C)Oc1ccc(Cl)cc1C. The Hall–Kier alpha value is -2.53. The van der Waals surface area contributed by atoms with Crippen molar-refractivity contribution in [3.05, 3.63) is 58.6 Å². The lowest BCUT2D eigenvalue weighted by Gasteiger charge is -2.17. The maximum absolute atomic E-state index is 12.4. The highest BCUT2D eigenvalue weighted by Gasteiger charge is 2.19. The van der Waals surface area contributed by atoms with E-state index in [1.165, 1.54) is 0 Å². The average Bonchev–Trinajstić information content (AvgIpc) is 2.58. The maximum Gasteiger partial charge on any atom is 0.340 e. The highest BCUT2D eigenvalue weighted by Crippen LogP contribution is 2.23. The van der Waals surface area contributed by atoms with E-state index in [0.717, 1.165) is 5.56 Å². The molecular weight excluding hydrogens is 342 g/mol. The summed E-state index contributed by atoms with van der Waals surface area (Å²) in [6.07, 6.45) is -0.755. The fourth-order valence-electron chi connectivity index (χ4n) is 2.20. The highest BCUT2D eigenvalue weighted by molar-refractivity contribution is 6.30. The summed E-state index contributed by atoms with van der Waals surface area (Å²) in [6, 6.07) is 11.9. The quantitative estimate of drug-likeness (QED) is 0.782. The molecule has 6 heteroatoms. The Bertz CT molecular complexity index is 776. The zero-order valence-electron chi connectivity index (χ0n) is 14.3. The predicted molar refractivity (Wildman–Crippen MR) is 97.3 cm³/mol. The van der Waals surface area contributed by atoms with E-state index >= 15 is 0 Å². The van der Waals surface area contributed by atoms with Crippen LogP contribution in [0, 0.1) is 6.92 Å². The monoisotopic (exact) mass is 361 g/mol. The van der Waals surface area contributed by atoms with Gasteiger partial charge in [-0.3, -0.25) is 4.79 Å². The lowest BCUT2D eigenvalue weighted by molar-refractivity contribution is -0.122. The minimum atomic E-state index is -0.755. The molecule has 5 nitrogen and oxygen atoms in total. The van der Waals surface area contributed by atoms with E-state index in [-0.39, 0.29) is 12.5 Å². The van der Waals surface area contributed by atoms with Gasteiger partial charge in [0.15, 0.2) is 6.10 Å². The summed E-state index contributed by atoms with van der Waals surface area (Å²) in [7, 11) is 0. The van der Waals surface area contributed by atoms with Crippen LogP contribution in [0.5, 0.6) is 5.75 Å². The zero-order chi connectivity index (χ0) is 18.4. The fourth-order valence-corrected chi connectivity index (χ4v) is 2.43. The second-order valence-electron chi connectivity index (χ2n) is 5.43. The van der Waals surface area contributed by atoms with Gasteiger partial charge in [-0.15, -0.1) is 0 Å². The van der Waals surface area contributed by atoms with Gasteiger partial charge < -0.3 is 14.8 Å². The molecule has 0 aliphatic carbocycles. The van der Waals surface area contributed by atoms with Crippen molar-refractivity contribution in [3.63, 3.8) is 0 Å². The first-order chi connectivity index (χ1) is 11.9. The summed E-state index contributed by atoms with van der Waals surface area (Å²) >= 11 is 5.92. The van der Waals surface area contributed by atoms with Crippen LogP contribution in [0.1, 0.15) is 29.8 Å². The first-order valence-electron chi connectivity index (χ1n) is 7.92. The number of ether oxygens (including phenoxy) is 2. The van der Waals surface area contributed by atoms with Crippen LogP contribution in [0.15, 0.2) is 42.5 Å². The van der Waals surface area contributed by atoms with Gasteiger partial charge in [-0.2, -0.15) is 0 Å². The summed E-state index contributed by atoms with van der Waals surface area (Å²) in [6.45, 7) is 5.47. The van der Waals surface area contributed by atoms with E-state index in [9.17, 15) is 9.59 Å². The van der Waals surface area contributed by atoms with Gasteiger partial charge >= 0.3 is 5.97 Å². The number of hydrogen-bond donors (Lipinski definition) is 1. The second kappa shape index (κ2) is 8.53. The number of anilines is 1. The van der Waals surface area contributed by atoms with Gasteiger partial charge in [0.2, 0.25) is 0 Å². The first-order valence-corrected chi connectivity index (χ1v) is 8.30. The van der Waals surface area contributed by atoms with Crippen molar-refractivity contribution in [3.8, 4) is 5.75 Å². The summed E-state index contributed by atoms with van der Waals surface area (Å²) < 4.78 is 10.7. The van der Waals surface area contributed by atoms with Gasteiger partial charge in [-0.25, -0.2) is 4.79 Å². The number of benzene rings is 2. The molecule has 0 spiro atoms. The van der Waals surface area contributed by atoms with E-state index in [4.69, 9.17) is 21.1 Å². The van der Waals surface area contributed by atoms with Crippen LogP contribution in [0.25, 0.3) is 0 Å². The van der Waals surface area contributed by atoms with Crippen LogP contribution in [0.4, 0.5) is 5.69 Å². The van der Waals surface area contributed by atoms with E-state index in [1.807, 2.05) is 6.92 Å². The minimum Gasteiger partial charge on any atom is -0.481 e. The molecule has 1 unspecified atom stereocenters. The molecule has 2 aromatic carbocycles. The van der Waals surface area contributed by atoms with Crippen LogP contribution in [0.3, 0.4) is 0 Å². The second-order valence-corrected chi connectivity index (χ2v) is 5.86. The summed E-state index contributed by atoms with van der Waals surface area (Å²) in [5.74, 6) is -0.280. The molecule has 0 radical (unpaired) electrons. The number of nitrogens with one attached hydrogen (secondary N) is 1. The lowest BCUT2D eigenvalue weighted by atomic mass is 10.1. The largest absolute Gasteiger partial charge is 0.481 e. The number of rotatable bonds is 6. The van der Waals surface area contributed by atoms with Crippen LogP contribution in [-0.2, 0) is 9.53 Å². The number of amides is 1. The van der Waals surface area contributed by atoms with Gasteiger partial charge in [0.25, 0.3) is 5.91 Å². The summed E-state index contributed by atoms with van der Waals surface area (Å²) in [4.78, 5) is 24.4. The maximum atomic E-state index is 12.4. The van der Waals surface area contributed by atoms with Crippen molar-refractivity contribution in [2.75, 3.05) is 11.9 Å². The molecule has 0 heterocycles. The first kappa shape index (κ1) is 18.8. The molecule has 0 bridgehead atoms. The third-order valence-electron chi connectivity index (χ3n) is 3.49. The smallest absolute Gasteiger partial charge is 0.340 e. The van der Waals surface area contributed by atoms with Crippen molar-refractivity contribution in [1.29, 1.82) is 0 Å². The molecule has 0 aromatic heterocycles. The van der Waals surface area contributed by atoms with E-state index in [2.05, 4.69) is 5.32 Å². The Balaban J connectivity index is 2.10. The van der Waals surface area contributed by atoms with Crippen LogP contribution < -0.4 is 10.1 Å². The Labute approximate surface area is 151 Å². The zero-order valence-corrected chi connectivity index (χ0v) is 15.1. The van der Waals surface area contributed by atoms with Crippen LogP contribution >= 0.6 is 11.6 Å². The average molecular weight is 362 g/mol. The van der Waals surface area contributed by atoms with Crippen molar-refractivity contribution < 1.29 is 19.1 Å². The van der Waals surface area contributed by atoms with Gasteiger partial charge in [0, 0.05) is 5.02 Å². The van der Waals surface area contributed by atoms with Crippen molar-refractivity contribution in [1.82, 2.24) is 0 Å². The molecule has 0 aliphatic rings. The number of para-hydroxylation sites is 1. The topological polar surface area (TPSA) is 64.6 Å². The van der Waals surface area contributed by atoms with Crippen molar-refractivity contribution in [2.45, 2.75) is 26.9 Å². The number of aryl methyl sites for hydroxylation is 1. The third kappa shape index (κ3) is 4.97. The molecule has 1 N–H and O–H groups in total. The van der Waals surface area contributed by atoms with Crippen molar-refractivity contribution >= 4 is 29.2 Å². The summed E-state index contributed by atoms with van der Waals surface area (Å²) in [5.41, 5.74) is 1.51. The molecule has 0 saturated heterocycles.